The molecule has 0 saturated carbocycles. The van der Waals surface area contributed by atoms with Gasteiger partial charge in [-0.15, -0.1) is 0 Å². The van der Waals surface area contributed by atoms with Crippen LogP contribution in [0.15, 0.2) is 49.1 Å². The van der Waals surface area contributed by atoms with E-state index in [1.807, 2.05) is 6.08 Å². The van der Waals surface area contributed by atoms with Crippen molar-refractivity contribution in [2.45, 2.75) is 60.8 Å². The lowest BCUT2D eigenvalue weighted by Crippen LogP contribution is -2.05. The lowest BCUT2D eigenvalue weighted by atomic mass is 9.84. The molecule has 0 aliphatic heterocycles. The van der Waals surface area contributed by atoms with Crippen molar-refractivity contribution in [3.05, 3.63) is 65.8 Å². The summed E-state index contributed by atoms with van der Waals surface area (Å²) in [5, 5.41) is 0. The first-order valence-corrected chi connectivity index (χ1v) is 8.45. The van der Waals surface area contributed by atoms with Gasteiger partial charge < -0.3 is 0 Å². The topological polar surface area (TPSA) is 0 Å². The molecule has 1 rings (SSSR count). The van der Waals surface area contributed by atoms with Gasteiger partial charge in [-0.05, 0) is 42.4 Å². The quantitative estimate of drug-likeness (QED) is 0.500. The lowest BCUT2D eigenvalue weighted by molar-refractivity contribution is 0.534. The van der Waals surface area contributed by atoms with Gasteiger partial charge >= 0.3 is 0 Å². The molecule has 0 bridgehead atoms. The number of allylic oxidation sites excluding steroid dienone is 5. The van der Waals surface area contributed by atoms with Crippen LogP contribution in [0.1, 0.15) is 70.6 Å². The summed E-state index contributed by atoms with van der Waals surface area (Å²) >= 11 is 0. The molecule has 122 valence electrons. The van der Waals surface area contributed by atoms with Crippen LogP contribution in [-0.2, 0) is 0 Å². The van der Waals surface area contributed by atoms with Crippen molar-refractivity contribution >= 4 is 5.57 Å². The first kappa shape index (κ1) is 20.4. The summed E-state index contributed by atoms with van der Waals surface area (Å²) in [7, 11) is 0. The molecule has 0 aliphatic carbocycles. The van der Waals surface area contributed by atoms with E-state index < -0.39 is 0 Å². The predicted molar refractivity (Wildman–Crippen MR) is 103 cm³/mol. The highest BCUT2D eigenvalue weighted by molar-refractivity contribution is 5.69. The van der Waals surface area contributed by atoms with E-state index in [1.165, 1.54) is 28.7 Å². The Kier molecular flexibility index (Phi) is 10.3. The molecular weight excluding hydrogens is 264 g/mol. The predicted octanol–water partition coefficient (Wildman–Crippen LogP) is 7.32. The molecule has 0 aliphatic rings. The largest absolute Gasteiger partial charge is 0.0991 e. The molecule has 0 nitrogen and oxygen atoms in total. The Hall–Kier alpha value is -1.56. The van der Waals surface area contributed by atoms with Gasteiger partial charge in [0.25, 0.3) is 0 Å². The third kappa shape index (κ3) is 6.93. The second kappa shape index (κ2) is 11.1. The first-order chi connectivity index (χ1) is 10.4. The summed E-state index contributed by atoms with van der Waals surface area (Å²) in [6, 6.07) is 6.79. The monoisotopic (exact) mass is 298 g/mol. The number of rotatable bonds is 5. The molecular formula is C22H34. The number of hydrogen-bond acceptors (Lipinski definition) is 0. The molecule has 1 aromatic carbocycles. The molecule has 0 radical (unpaired) electrons. The van der Waals surface area contributed by atoms with Gasteiger partial charge in [-0.1, -0.05) is 95.7 Å². The fourth-order valence-corrected chi connectivity index (χ4v) is 2.14. The van der Waals surface area contributed by atoms with E-state index >= 15 is 0 Å². The zero-order valence-electron chi connectivity index (χ0n) is 15.6. The van der Waals surface area contributed by atoms with Gasteiger partial charge in [0.05, 0.1) is 0 Å². The number of aryl methyl sites for hydroxylation is 1. The SMILES string of the molecule is C=C/C=C\C=C(/C)c1cc(C)ccc1C(C)C(C)C.CCC. The van der Waals surface area contributed by atoms with Gasteiger partial charge in [0, 0.05) is 0 Å². The van der Waals surface area contributed by atoms with Gasteiger partial charge in [0.1, 0.15) is 0 Å². The summed E-state index contributed by atoms with van der Waals surface area (Å²) in [4.78, 5) is 0. The molecule has 1 atom stereocenters. The highest BCUT2D eigenvalue weighted by atomic mass is 14.2. The number of benzene rings is 1. The Morgan fingerprint density at radius 2 is 1.73 bits per heavy atom. The minimum atomic E-state index is 0.572. The molecule has 0 spiro atoms. The second-order valence-electron chi connectivity index (χ2n) is 6.30. The molecule has 0 amide bonds. The Bertz CT molecular complexity index is 501. The first-order valence-electron chi connectivity index (χ1n) is 8.45. The van der Waals surface area contributed by atoms with Gasteiger partial charge in [-0.2, -0.15) is 0 Å². The second-order valence-corrected chi connectivity index (χ2v) is 6.30. The fraction of sp³-hybridized carbons (Fsp3) is 0.455. The van der Waals surface area contributed by atoms with Crippen LogP contribution in [-0.4, -0.2) is 0 Å². The van der Waals surface area contributed by atoms with E-state index in [2.05, 4.69) is 85.4 Å². The third-order valence-electron chi connectivity index (χ3n) is 3.72. The molecule has 1 unspecified atom stereocenters. The van der Waals surface area contributed by atoms with Crippen LogP contribution in [0.5, 0.6) is 0 Å². The van der Waals surface area contributed by atoms with Crippen molar-refractivity contribution in [2.24, 2.45) is 5.92 Å². The summed E-state index contributed by atoms with van der Waals surface area (Å²) in [6.07, 6.45) is 9.23. The molecule has 0 saturated heterocycles. The van der Waals surface area contributed by atoms with E-state index in [0.29, 0.717) is 11.8 Å². The van der Waals surface area contributed by atoms with Crippen LogP contribution < -0.4 is 0 Å². The van der Waals surface area contributed by atoms with Gasteiger partial charge in [-0.3, -0.25) is 0 Å². The zero-order valence-corrected chi connectivity index (χ0v) is 15.6. The normalized spacial score (nSPS) is 13.0. The molecule has 0 heterocycles. The van der Waals surface area contributed by atoms with E-state index in [0.717, 1.165) is 0 Å². The average molecular weight is 299 g/mol. The molecule has 0 N–H and O–H groups in total. The van der Waals surface area contributed by atoms with E-state index in [1.54, 1.807) is 6.08 Å². The number of hydrogen-bond donors (Lipinski definition) is 0. The molecule has 0 fully saturated rings. The summed E-state index contributed by atoms with van der Waals surface area (Å²) < 4.78 is 0. The van der Waals surface area contributed by atoms with Crippen molar-refractivity contribution in [3.63, 3.8) is 0 Å². The maximum atomic E-state index is 3.70. The highest BCUT2D eigenvalue weighted by Gasteiger charge is 2.14. The summed E-state index contributed by atoms with van der Waals surface area (Å²) in [5.74, 6) is 1.22. The van der Waals surface area contributed by atoms with Gasteiger partial charge in [0.2, 0.25) is 0 Å². The maximum absolute atomic E-state index is 3.70. The lowest BCUT2D eigenvalue weighted by Gasteiger charge is -2.20. The van der Waals surface area contributed by atoms with Gasteiger partial charge in [0.15, 0.2) is 0 Å². The molecule has 22 heavy (non-hydrogen) atoms. The minimum Gasteiger partial charge on any atom is -0.0991 e. The standard InChI is InChI=1S/C19H26.C3H8/c1-7-8-9-10-16(5)19-13-15(4)11-12-18(19)17(6)14(2)3;1-3-2/h7-14,17H,1H2,2-6H3;3H2,1-2H3/b9-8-,16-10+;. The van der Waals surface area contributed by atoms with Crippen molar-refractivity contribution in [1.29, 1.82) is 0 Å². The van der Waals surface area contributed by atoms with Crippen molar-refractivity contribution < 1.29 is 0 Å². The van der Waals surface area contributed by atoms with E-state index in [-0.39, 0.29) is 0 Å². The minimum absolute atomic E-state index is 0.572. The van der Waals surface area contributed by atoms with Crippen LogP contribution in [0.2, 0.25) is 0 Å². The highest BCUT2D eigenvalue weighted by Crippen LogP contribution is 2.31. The fourth-order valence-electron chi connectivity index (χ4n) is 2.14. The van der Waals surface area contributed by atoms with Crippen molar-refractivity contribution in [2.75, 3.05) is 0 Å². The van der Waals surface area contributed by atoms with Crippen LogP contribution in [0, 0.1) is 12.8 Å². The van der Waals surface area contributed by atoms with E-state index in [9.17, 15) is 0 Å². The zero-order chi connectivity index (χ0) is 17.1. The Labute approximate surface area is 138 Å². The Morgan fingerprint density at radius 3 is 2.23 bits per heavy atom. The van der Waals surface area contributed by atoms with Crippen molar-refractivity contribution in [3.8, 4) is 0 Å². The van der Waals surface area contributed by atoms with Crippen LogP contribution in [0.4, 0.5) is 0 Å². The van der Waals surface area contributed by atoms with Crippen LogP contribution >= 0.6 is 0 Å². The van der Waals surface area contributed by atoms with Crippen LogP contribution in [0.3, 0.4) is 0 Å². The summed E-state index contributed by atoms with van der Waals surface area (Å²) in [6.45, 7) is 19.2. The van der Waals surface area contributed by atoms with Gasteiger partial charge in [-0.25, -0.2) is 0 Å². The van der Waals surface area contributed by atoms with Crippen molar-refractivity contribution in [1.82, 2.24) is 0 Å². The Morgan fingerprint density at radius 1 is 1.14 bits per heavy atom. The third-order valence-corrected chi connectivity index (χ3v) is 3.72. The maximum Gasteiger partial charge on any atom is -0.0161 e. The summed E-state index contributed by atoms with van der Waals surface area (Å²) in [5.41, 5.74) is 5.44. The Balaban J connectivity index is 0.00000135. The molecule has 0 aromatic heterocycles. The van der Waals surface area contributed by atoms with Crippen LogP contribution in [0.25, 0.3) is 5.57 Å². The molecule has 0 heteroatoms. The molecule has 1 aromatic rings. The smallest absolute Gasteiger partial charge is 0.0161 e. The average Bonchev–Trinajstić information content (AvgIpc) is 2.47. The van der Waals surface area contributed by atoms with E-state index in [4.69, 9.17) is 0 Å².